The Balaban J connectivity index is 2.06. The average Bonchev–Trinajstić information content (AvgIpc) is 2.85. The van der Waals surface area contributed by atoms with E-state index in [2.05, 4.69) is 5.32 Å². The molecule has 1 aliphatic heterocycles. The molecule has 0 saturated heterocycles. The highest BCUT2D eigenvalue weighted by atomic mass is 16.6. The molecule has 1 aliphatic rings. The van der Waals surface area contributed by atoms with E-state index in [0.29, 0.717) is 6.42 Å². The van der Waals surface area contributed by atoms with Crippen LogP contribution in [0.5, 0.6) is 0 Å². The summed E-state index contributed by atoms with van der Waals surface area (Å²) < 4.78 is 5.14. The summed E-state index contributed by atoms with van der Waals surface area (Å²) in [5.74, 6) is -3.01. The van der Waals surface area contributed by atoms with Gasteiger partial charge in [-0.2, -0.15) is 0 Å². The molecule has 2 N–H and O–H groups in total. The van der Waals surface area contributed by atoms with Crippen LogP contribution in [0.3, 0.4) is 0 Å². The summed E-state index contributed by atoms with van der Waals surface area (Å²) in [6.45, 7) is 6.96. The molecule has 152 valence electrons. The third-order valence-electron chi connectivity index (χ3n) is 4.47. The molecule has 0 radical (unpaired) electrons. The minimum absolute atomic E-state index is 0.237. The van der Waals surface area contributed by atoms with Crippen molar-refractivity contribution in [1.82, 2.24) is 10.2 Å². The first-order valence-corrected chi connectivity index (χ1v) is 9.19. The van der Waals surface area contributed by atoms with E-state index in [-0.39, 0.29) is 24.1 Å². The van der Waals surface area contributed by atoms with E-state index in [1.54, 1.807) is 45.0 Å². The monoisotopic (exact) mass is 390 g/mol. The summed E-state index contributed by atoms with van der Waals surface area (Å²) in [5.41, 5.74) is -0.0612. The number of rotatable bonds is 7. The van der Waals surface area contributed by atoms with Crippen LogP contribution in [-0.4, -0.2) is 52.1 Å². The highest BCUT2D eigenvalue weighted by molar-refractivity contribution is 6.21. The number of benzene rings is 1. The van der Waals surface area contributed by atoms with Crippen LogP contribution in [0.25, 0.3) is 0 Å². The quantitative estimate of drug-likeness (QED) is 0.547. The molecular formula is C20H26N2O6. The molecule has 2 rings (SSSR count). The molecular weight excluding hydrogens is 364 g/mol. The van der Waals surface area contributed by atoms with Gasteiger partial charge in [0, 0.05) is 6.54 Å². The lowest BCUT2D eigenvalue weighted by atomic mass is 9.95. The predicted octanol–water partition coefficient (Wildman–Crippen LogP) is 2.68. The second-order valence-corrected chi connectivity index (χ2v) is 7.79. The standard InChI is InChI=1S/C20H26N2O6/c1-12(18(25)26)15(10-7-11-21-19(27)28-20(2,3)4)22-16(23)13-8-5-6-9-14(13)17(22)24/h5-6,8-9,12,15H,7,10-11H2,1-4H3,(H,21,27)(H,25,26)/t12?,15-/m0/s1. The summed E-state index contributed by atoms with van der Waals surface area (Å²) in [7, 11) is 0. The average molecular weight is 390 g/mol. The third kappa shape index (κ3) is 4.88. The molecule has 8 nitrogen and oxygen atoms in total. The van der Waals surface area contributed by atoms with E-state index in [9.17, 15) is 24.3 Å². The van der Waals surface area contributed by atoms with Crippen LogP contribution in [0.2, 0.25) is 0 Å². The molecule has 28 heavy (non-hydrogen) atoms. The Morgan fingerprint density at radius 2 is 1.68 bits per heavy atom. The number of amides is 3. The number of carbonyl (C=O) groups is 4. The van der Waals surface area contributed by atoms with Crippen LogP contribution in [0.1, 0.15) is 61.3 Å². The molecule has 1 unspecified atom stereocenters. The van der Waals surface area contributed by atoms with Crippen molar-refractivity contribution in [3.8, 4) is 0 Å². The van der Waals surface area contributed by atoms with Crippen LogP contribution in [0.15, 0.2) is 24.3 Å². The van der Waals surface area contributed by atoms with Crippen LogP contribution < -0.4 is 5.32 Å². The first-order valence-electron chi connectivity index (χ1n) is 9.19. The van der Waals surface area contributed by atoms with E-state index >= 15 is 0 Å². The number of carboxylic acids is 1. The fraction of sp³-hybridized carbons (Fsp3) is 0.500. The molecule has 0 aliphatic carbocycles. The molecule has 1 aromatic rings. The Kier molecular flexibility index (Phi) is 6.43. The zero-order valence-corrected chi connectivity index (χ0v) is 16.5. The molecule has 0 aromatic heterocycles. The number of carbonyl (C=O) groups excluding carboxylic acids is 3. The molecule has 0 spiro atoms. The van der Waals surface area contributed by atoms with Crippen molar-refractivity contribution in [3.63, 3.8) is 0 Å². The second-order valence-electron chi connectivity index (χ2n) is 7.79. The lowest BCUT2D eigenvalue weighted by molar-refractivity contribution is -0.142. The van der Waals surface area contributed by atoms with Gasteiger partial charge in [0.25, 0.3) is 11.8 Å². The van der Waals surface area contributed by atoms with Crippen molar-refractivity contribution >= 4 is 23.9 Å². The van der Waals surface area contributed by atoms with Gasteiger partial charge in [-0.1, -0.05) is 12.1 Å². The van der Waals surface area contributed by atoms with Crippen molar-refractivity contribution in [2.24, 2.45) is 5.92 Å². The van der Waals surface area contributed by atoms with Crippen LogP contribution in [-0.2, 0) is 9.53 Å². The van der Waals surface area contributed by atoms with E-state index in [1.807, 2.05) is 0 Å². The Bertz CT molecular complexity index is 748. The number of imide groups is 1. The number of hydrogen-bond acceptors (Lipinski definition) is 5. The SMILES string of the molecule is CC(C(=O)O)[C@H](CCCNC(=O)OC(C)(C)C)N1C(=O)c2ccccc2C1=O. The Morgan fingerprint density at radius 3 is 2.14 bits per heavy atom. The molecule has 8 heteroatoms. The zero-order valence-electron chi connectivity index (χ0n) is 16.5. The Labute approximate surface area is 163 Å². The minimum atomic E-state index is -1.10. The number of nitrogens with zero attached hydrogens (tertiary/aromatic N) is 1. The first-order chi connectivity index (χ1) is 13.0. The Morgan fingerprint density at radius 1 is 1.14 bits per heavy atom. The number of fused-ring (bicyclic) bond motifs is 1. The summed E-state index contributed by atoms with van der Waals surface area (Å²) in [5, 5.41) is 12.0. The third-order valence-corrected chi connectivity index (χ3v) is 4.47. The first kappa shape index (κ1) is 21.4. The highest BCUT2D eigenvalue weighted by Crippen LogP contribution is 2.29. The van der Waals surface area contributed by atoms with E-state index < -0.39 is 41.4 Å². The van der Waals surface area contributed by atoms with E-state index in [4.69, 9.17) is 4.74 Å². The van der Waals surface area contributed by atoms with Crippen LogP contribution in [0.4, 0.5) is 4.79 Å². The van der Waals surface area contributed by atoms with Gasteiger partial charge in [-0.25, -0.2) is 4.79 Å². The Hall–Kier alpha value is -2.90. The van der Waals surface area contributed by atoms with Gasteiger partial charge in [0.2, 0.25) is 0 Å². The van der Waals surface area contributed by atoms with Gasteiger partial charge in [0.1, 0.15) is 5.60 Å². The lowest BCUT2D eigenvalue weighted by Crippen LogP contribution is -2.46. The van der Waals surface area contributed by atoms with Gasteiger partial charge in [0.05, 0.1) is 23.1 Å². The second kappa shape index (κ2) is 8.41. The van der Waals surface area contributed by atoms with Gasteiger partial charge < -0.3 is 15.2 Å². The topological polar surface area (TPSA) is 113 Å². The number of alkyl carbamates (subject to hydrolysis) is 1. The highest BCUT2D eigenvalue weighted by Gasteiger charge is 2.42. The fourth-order valence-corrected chi connectivity index (χ4v) is 3.09. The van der Waals surface area contributed by atoms with Crippen molar-refractivity contribution < 1.29 is 29.0 Å². The van der Waals surface area contributed by atoms with Crippen molar-refractivity contribution in [2.75, 3.05) is 6.54 Å². The van der Waals surface area contributed by atoms with E-state index in [1.165, 1.54) is 6.92 Å². The normalized spacial score (nSPS) is 15.8. The molecule has 1 heterocycles. The van der Waals surface area contributed by atoms with E-state index in [0.717, 1.165) is 4.90 Å². The summed E-state index contributed by atoms with van der Waals surface area (Å²) in [6, 6.07) is 5.62. The summed E-state index contributed by atoms with van der Waals surface area (Å²) in [6.07, 6.45) is 0.0555. The number of ether oxygens (including phenoxy) is 1. The smallest absolute Gasteiger partial charge is 0.407 e. The van der Waals surface area contributed by atoms with Crippen molar-refractivity contribution in [3.05, 3.63) is 35.4 Å². The molecule has 0 fully saturated rings. The van der Waals surface area contributed by atoms with Gasteiger partial charge in [-0.3, -0.25) is 19.3 Å². The van der Waals surface area contributed by atoms with Gasteiger partial charge >= 0.3 is 12.1 Å². The maximum absolute atomic E-state index is 12.7. The largest absolute Gasteiger partial charge is 0.481 e. The summed E-state index contributed by atoms with van der Waals surface area (Å²) in [4.78, 5) is 49.7. The molecule has 1 aromatic carbocycles. The van der Waals surface area contributed by atoms with Crippen molar-refractivity contribution in [1.29, 1.82) is 0 Å². The number of carboxylic acid groups (broad SMARTS) is 1. The maximum Gasteiger partial charge on any atom is 0.407 e. The zero-order chi connectivity index (χ0) is 21.1. The molecule has 3 amide bonds. The summed E-state index contributed by atoms with van der Waals surface area (Å²) >= 11 is 0. The number of nitrogens with one attached hydrogen (secondary N) is 1. The predicted molar refractivity (Wildman–Crippen MR) is 101 cm³/mol. The molecule has 0 bridgehead atoms. The lowest BCUT2D eigenvalue weighted by Gasteiger charge is -2.29. The fourth-order valence-electron chi connectivity index (χ4n) is 3.09. The number of aliphatic carboxylic acids is 1. The van der Waals surface area contributed by atoms with Crippen LogP contribution >= 0.6 is 0 Å². The van der Waals surface area contributed by atoms with Crippen LogP contribution in [0, 0.1) is 5.92 Å². The molecule has 0 saturated carbocycles. The minimum Gasteiger partial charge on any atom is -0.481 e. The maximum atomic E-state index is 12.7. The van der Waals surface area contributed by atoms with Gasteiger partial charge in [-0.05, 0) is 52.7 Å². The number of hydrogen-bond donors (Lipinski definition) is 2. The van der Waals surface area contributed by atoms with Crippen molar-refractivity contribution in [2.45, 2.75) is 52.2 Å². The van der Waals surface area contributed by atoms with Gasteiger partial charge in [-0.15, -0.1) is 0 Å². The van der Waals surface area contributed by atoms with Gasteiger partial charge in [0.15, 0.2) is 0 Å². The molecule has 2 atom stereocenters.